The summed E-state index contributed by atoms with van der Waals surface area (Å²) in [6.45, 7) is 8.90. The van der Waals surface area contributed by atoms with Crippen molar-refractivity contribution in [3.63, 3.8) is 0 Å². The number of hydrogen-bond donors (Lipinski definition) is 0. The average molecular weight is 708 g/mol. The second-order valence-corrected chi connectivity index (χ2v) is 13.7. The minimum Gasteiger partial charge on any atom is -0.456 e. The molecule has 4 heteroatoms. The van der Waals surface area contributed by atoms with Crippen molar-refractivity contribution >= 4 is 57.0 Å². The van der Waals surface area contributed by atoms with E-state index in [0.717, 1.165) is 72.9 Å². The van der Waals surface area contributed by atoms with Gasteiger partial charge in [0.2, 0.25) is 0 Å². The smallest absolute Gasteiger partial charge is 0.161 e. The first kappa shape index (κ1) is 33.7. The van der Waals surface area contributed by atoms with E-state index < -0.39 is 0 Å². The molecule has 0 unspecified atom stereocenters. The maximum atomic E-state index is 6.55. The summed E-state index contributed by atoms with van der Waals surface area (Å²) >= 11 is 0. The number of hydrogen-bond acceptors (Lipinski definition) is 2. The van der Waals surface area contributed by atoms with Gasteiger partial charge in [0.25, 0.3) is 0 Å². The molecular weight excluding hydrogens is 671 g/mol. The van der Waals surface area contributed by atoms with Crippen LogP contribution in [-0.2, 0) is 6.54 Å². The van der Waals surface area contributed by atoms with Gasteiger partial charge in [-0.2, -0.15) is 0 Å². The fourth-order valence-electron chi connectivity index (χ4n) is 7.52. The van der Waals surface area contributed by atoms with E-state index in [9.17, 15) is 0 Å². The van der Waals surface area contributed by atoms with E-state index in [-0.39, 0.29) is 0 Å². The molecule has 6 aromatic carbocycles. The van der Waals surface area contributed by atoms with Crippen LogP contribution >= 0.6 is 0 Å². The van der Waals surface area contributed by atoms with E-state index in [1.165, 1.54) is 22.3 Å². The van der Waals surface area contributed by atoms with E-state index in [2.05, 4.69) is 140 Å². The normalized spacial score (nSPS) is 17.8. The van der Waals surface area contributed by atoms with E-state index in [4.69, 9.17) is 14.4 Å². The lowest BCUT2D eigenvalue weighted by Gasteiger charge is -2.09. The molecule has 0 spiro atoms. The largest absolute Gasteiger partial charge is 0.456 e. The summed E-state index contributed by atoms with van der Waals surface area (Å²) in [5.74, 6) is 1.05. The molecule has 262 valence electrons. The number of amidine groups is 2. The Labute approximate surface area is 321 Å². The minimum atomic E-state index is 0.473. The summed E-state index contributed by atoms with van der Waals surface area (Å²) in [6.07, 6.45) is 11.7. The van der Waals surface area contributed by atoms with Crippen molar-refractivity contribution in [2.45, 2.75) is 13.0 Å². The van der Waals surface area contributed by atoms with Gasteiger partial charge in [-0.25, -0.2) is 9.98 Å². The molecule has 0 radical (unpaired) electrons. The summed E-state index contributed by atoms with van der Waals surface area (Å²) in [6, 6.07) is 49.9. The number of rotatable bonds is 6. The monoisotopic (exact) mass is 707 g/mol. The van der Waals surface area contributed by atoms with Crippen LogP contribution in [0.4, 0.5) is 0 Å². The Morgan fingerprint density at radius 3 is 2.07 bits per heavy atom. The van der Waals surface area contributed by atoms with Crippen LogP contribution < -0.4 is 0 Å². The fourth-order valence-corrected chi connectivity index (χ4v) is 7.52. The molecular formula is C51H37N3O. The van der Waals surface area contributed by atoms with Crippen LogP contribution in [0.2, 0.25) is 0 Å². The van der Waals surface area contributed by atoms with Crippen LogP contribution in [-0.4, -0.2) is 18.4 Å². The molecule has 7 aromatic rings. The van der Waals surface area contributed by atoms with Gasteiger partial charge in [0.1, 0.15) is 11.2 Å². The second kappa shape index (κ2) is 14.7. The van der Waals surface area contributed by atoms with Gasteiger partial charge in [-0.3, -0.25) is 4.99 Å². The second-order valence-electron chi connectivity index (χ2n) is 13.7. The Kier molecular flexibility index (Phi) is 8.99. The summed E-state index contributed by atoms with van der Waals surface area (Å²) in [5.41, 5.74) is 14.8. The number of aliphatic imine (C=N–C) groups is 3. The first-order chi connectivity index (χ1) is 27.1. The summed E-state index contributed by atoms with van der Waals surface area (Å²) < 4.78 is 6.55. The Hall–Kier alpha value is -7.17. The van der Waals surface area contributed by atoms with Crippen LogP contribution in [0.3, 0.4) is 0 Å². The van der Waals surface area contributed by atoms with Crippen LogP contribution in [0.5, 0.6) is 0 Å². The minimum absolute atomic E-state index is 0.473. The molecule has 0 saturated carbocycles. The lowest BCUT2D eigenvalue weighted by atomic mass is 9.95. The van der Waals surface area contributed by atoms with Crippen molar-refractivity contribution < 1.29 is 4.42 Å². The van der Waals surface area contributed by atoms with E-state index >= 15 is 0 Å². The van der Waals surface area contributed by atoms with Gasteiger partial charge in [0.05, 0.1) is 6.54 Å². The third kappa shape index (κ3) is 6.67. The molecule has 2 aliphatic carbocycles. The average Bonchev–Trinajstić information content (AvgIpc) is 3.79. The molecule has 0 fully saturated rings. The third-order valence-electron chi connectivity index (χ3n) is 10.3. The van der Waals surface area contributed by atoms with Gasteiger partial charge in [-0.05, 0) is 87.0 Å². The molecule has 0 N–H and O–H groups in total. The van der Waals surface area contributed by atoms with E-state index in [1.807, 2.05) is 54.6 Å². The molecule has 55 heavy (non-hydrogen) atoms. The Morgan fingerprint density at radius 2 is 1.31 bits per heavy atom. The van der Waals surface area contributed by atoms with Gasteiger partial charge >= 0.3 is 0 Å². The van der Waals surface area contributed by atoms with Crippen LogP contribution in [0, 0.1) is 0 Å². The molecule has 1 heterocycles. The zero-order chi connectivity index (χ0) is 37.1. The zero-order valence-corrected chi connectivity index (χ0v) is 30.3. The predicted molar refractivity (Wildman–Crippen MR) is 232 cm³/mol. The molecule has 1 aromatic heterocycles. The molecule has 2 bridgehead atoms. The summed E-state index contributed by atoms with van der Waals surface area (Å²) in [7, 11) is 0. The first-order valence-electron chi connectivity index (χ1n) is 18.5. The Bertz CT molecular complexity index is 2810. The standard InChI is InChI=1S/C51H37N3O/c1-34-13-11-18-39-31-40(44-20-10-9-19-43(39)44)27-29-42(34)41-28-30-45-48(32-41)55-47-22-12-21-46(49(45)47)51(52-2)54-50(53-33-35-14-5-3-6-15-35)38-25-23-37(24-26-38)36-16-7-4-8-17-36/h3-30,32H,1-2,31,33H2/b13-11-,39-18+,40-27+,42-29+,53-50-,54-51-. The highest BCUT2D eigenvalue weighted by atomic mass is 16.3. The van der Waals surface area contributed by atoms with Crippen molar-refractivity contribution in [2.75, 3.05) is 0 Å². The number of furan rings is 1. The summed E-state index contributed by atoms with van der Waals surface area (Å²) in [5, 5.41) is 1.90. The molecule has 0 amide bonds. The van der Waals surface area contributed by atoms with Crippen molar-refractivity contribution in [1.29, 1.82) is 0 Å². The lowest BCUT2D eigenvalue weighted by molar-refractivity contribution is 0.669. The Morgan fingerprint density at radius 1 is 0.618 bits per heavy atom. The van der Waals surface area contributed by atoms with Crippen molar-refractivity contribution in [1.82, 2.24) is 0 Å². The topological polar surface area (TPSA) is 50.2 Å². The molecule has 0 atom stereocenters. The molecule has 9 rings (SSSR count). The zero-order valence-electron chi connectivity index (χ0n) is 30.3. The van der Waals surface area contributed by atoms with Crippen LogP contribution in [0.1, 0.15) is 39.8 Å². The maximum Gasteiger partial charge on any atom is 0.161 e. The van der Waals surface area contributed by atoms with Crippen LogP contribution in [0.25, 0.3) is 49.8 Å². The molecule has 0 saturated heterocycles. The van der Waals surface area contributed by atoms with Crippen molar-refractivity contribution in [2.24, 2.45) is 15.0 Å². The van der Waals surface area contributed by atoms with Crippen molar-refractivity contribution in [3.05, 3.63) is 222 Å². The highest BCUT2D eigenvalue weighted by Crippen LogP contribution is 2.42. The first-order valence-corrected chi connectivity index (χ1v) is 18.5. The fraction of sp³-hybridized carbons (Fsp3) is 0.0392. The van der Waals surface area contributed by atoms with Crippen LogP contribution in [0.15, 0.2) is 208 Å². The van der Waals surface area contributed by atoms with Gasteiger partial charge in [0.15, 0.2) is 11.7 Å². The van der Waals surface area contributed by atoms with Gasteiger partial charge < -0.3 is 4.42 Å². The number of fused-ring (bicyclic) bond motifs is 8. The molecule has 0 aliphatic heterocycles. The molecule has 4 nitrogen and oxygen atoms in total. The highest BCUT2D eigenvalue weighted by molar-refractivity contribution is 6.22. The van der Waals surface area contributed by atoms with Gasteiger partial charge in [-0.15, -0.1) is 0 Å². The van der Waals surface area contributed by atoms with Crippen molar-refractivity contribution in [3.8, 4) is 11.1 Å². The Balaban J connectivity index is 1.11. The lowest BCUT2D eigenvalue weighted by Crippen LogP contribution is -2.06. The maximum absolute atomic E-state index is 6.55. The number of allylic oxidation sites excluding steroid dienone is 9. The number of benzene rings is 6. The van der Waals surface area contributed by atoms with E-state index in [0.29, 0.717) is 18.2 Å². The predicted octanol–water partition coefficient (Wildman–Crippen LogP) is 12.7. The van der Waals surface area contributed by atoms with Gasteiger partial charge in [0, 0.05) is 21.9 Å². The molecule has 2 aliphatic rings. The SMILES string of the molecule is C=N/C(=N\C(=N/Cc1ccccc1)c1ccc(-c2ccccc2)cc1)c1cccc2oc3cc(/C4=C/C=C5\C/C(=C\C=C/C4=C)c4ccccc45)ccc3c12. The van der Waals surface area contributed by atoms with Gasteiger partial charge in [-0.1, -0.05) is 164 Å². The summed E-state index contributed by atoms with van der Waals surface area (Å²) in [4.78, 5) is 14.6. The quantitative estimate of drug-likeness (QED) is 0.125. The third-order valence-corrected chi connectivity index (χ3v) is 10.3. The highest BCUT2D eigenvalue weighted by Gasteiger charge is 2.21. The number of nitrogens with zero attached hydrogens (tertiary/aromatic N) is 3. The van der Waals surface area contributed by atoms with E-state index in [1.54, 1.807) is 0 Å².